The van der Waals surface area contributed by atoms with Crippen molar-refractivity contribution in [1.29, 1.82) is 0 Å². The Morgan fingerprint density at radius 1 is 0.951 bits per heavy atom. The molecule has 2 N–H and O–H groups in total. The molecule has 1 saturated heterocycles. The van der Waals surface area contributed by atoms with Crippen LogP contribution in [0.25, 0.3) is 0 Å². The highest BCUT2D eigenvalue weighted by molar-refractivity contribution is 5.99. The summed E-state index contributed by atoms with van der Waals surface area (Å²) in [6.07, 6.45) is -1.31. The molecule has 3 atom stereocenters. The Bertz CT molecular complexity index is 1340. The van der Waals surface area contributed by atoms with Crippen LogP contribution in [0.3, 0.4) is 0 Å². The lowest BCUT2D eigenvalue weighted by Gasteiger charge is -2.39. The van der Waals surface area contributed by atoms with Crippen LogP contribution >= 0.6 is 0 Å². The fourth-order valence-corrected chi connectivity index (χ4v) is 4.92. The van der Waals surface area contributed by atoms with Gasteiger partial charge in [0, 0.05) is 13.0 Å². The van der Waals surface area contributed by atoms with E-state index in [2.05, 4.69) is 5.32 Å². The summed E-state index contributed by atoms with van der Waals surface area (Å²) in [5.41, 5.74) is 0.839. The molecular weight excluding hydrogens is 520 g/mol. The quantitative estimate of drug-likeness (QED) is 0.348. The second-order valence-corrected chi connectivity index (χ2v) is 11.5. The molecule has 1 aliphatic rings. The van der Waals surface area contributed by atoms with E-state index in [1.165, 1.54) is 0 Å². The van der Waals surface area contributed by atoms with Gasteiger partial charge in [-0.3, -0.25) is 10.1 Å². The van der Waals surface area contributed by atoms with E-state index in [4.69, 9.17) is 9.47 Å². The normalized spacial score (nSPS) is 17.4. The minimum atomic E-state index is -1.54. The minimum Gasteiger partial charge on any atom is -0.456 e. The first-order valence-corrected chi connectivity index (χ1v) is 13.8. The number of esters is 1. The zero-order valence-corrected chi connectivity index (χ0v) is 24.0. The summed E-state index contributed by atoms with van der Waals surface area (Å²) in [4.78, 5) is 40.9. The summed E-state index contributed by atoms with van der Waals surface area (Å²) in [6.45, 7) is 7.25. The molecule has 0 saturated carbocycles. The first-order valence-electron chi connectivity index (χ1n) is 13.8. The first-order chi connectivity index (χ1) is 19.5. The number of nitrogens with zero attached hydrogens (tertiary/aromatic N) is 1. The van der Waals surface area contributed by atoms with Gasteiger partial charge in [0.1, 0.15) is 17.7 Å². The molecule has 41 heavy (non-hydrogen) atoms. The largest absolute Gasteiger partial charge is 0.456 e. The van der Waals surface area contributed by atoms with Crippen molar-refractivity contribution in [2.45, 2.75) is 70.4 Å². The Morgan fingerprint density at radius 2 is 1.54 bits per heavy atom. The molecule has 0 aliphatic carbocycles. The number of ether oxygens (including phenoxy) is 2. The molecule has 8 nitrogen and oxygen atoms in total. The predicted molar refractivity (Wildman–Crippen MR) is 155 cm³/mol. The molecule has 0 aromatic heterocycles. The van der Waals surface area contributed by atoms with Crippen molar-refractivity contribution in [1.82, 2.24) is 10.2 Å². The molecule has 1 aliphatic heterocycles. The summed E-state index contributed by atoms with van der Waals surface area (Å²) in [5.74, 6) is -0.975. The summed E-state index contributed by atoms with van der Waals surface area (Å²) >= 11 is 0. The number of carbonyl (C=O) groups excluding carboxylic acids is 3. The molecular formula is C33H38N2O6. The van der Waals surface area contributed by atoms with Gasteiger partial charge in [-0.1, -0.05) is 72.8 Å². The summed E-state index contributed by atoms with van der Waals surface area (Å²) in [7, 11) is 0. The third-order valence-electron chi connectivity index (χ3n) is 7.11. The van der Waals surface area contributed by atoms with Gasteiger partial charge in [0.25, 0.3) is 5.91 Å². The number of nitrogens with one attached hydrogen (secondary N) is 1. The maximum atomic E-state index is 14.4. The van der Waals surface area contributed by atoms with Crippen molar-refractivity contribution in [3.05, 3.63) is 107 Å². The van der Waals surface area contributed by atoms with Gasteiger partial charge < -0.3 is 14.6 Å². The summed E-state index contributed by atoms with van der Waals surface area (Å²) in [6, 6.07) is 25.3. The number of hydrogen-bond donors (Lipinski definition) is 2. The molecule has 0 spiro atoms. The van der Waals surface area contributed by atoms with Crippen molar-refractivity contribution in [2.24, 2.45) is 0 Å². The van der Waals surface area contributed by atoms with E-state index in [9.17, 15) is 19.5 Å². The van der Waals surface area contributed by atoms with Gasteiger partial charge in [0.05, 0.1) is 17.7 Å². The molecule has 8 heteroatoms. The third kappa shape index (κ3) is 7.39. The highest BCUT2D eigenvalue weighted by Gasteiger charge is 2.51. The van der Waals surface area contributed by atoms with E-state index in [-0.39, 0.29) is 19.6 Å². The van der Waals surface area contributed by atoms with E-state index in [0.717, 1.165) is 21.6 Å². The molecule has 3 aromatic carbocycles. The lowest BCUT2D eigenvalue weighted by molar-refractivity contribution is -0.141. The predicted octanol–water partition coefficient (Wildman–Crippen LogP) is 4.68. The number of aliphatic hydroxyl groups is 1. The van der Waals surface area contributed by atoms with Crippen LogP contribution in [0, 0.1) is 0 Å². The lowest BCUT2D eigenvalue weighted by Crippen LogP contribution is -2.66. The first kappa shape index (κ1) is 30.0. The fourth-order valence-electron chi connectivity index (χ4n) is 4.92. The molecule has 3 aromatic rings. The van der Waals surface area contributed by atoms with E-state index in [1.807, 2.05) is 81.4 Å². The Kier molecular flexibility index (Phi) is 9.25. The highest BCUT2D eigenvalue weighted by atomic mass is 16.6. The number of aliphatic hydroxyl groups excluding tert-OH is 1. The molecule has 2 amide bonds. The number of hydrogen-bond acceptors (Lipinski definition) is 7. The molecule has 0 unspecified atom stereocenters. The fraction of sp³-hybridized carbons (Fsp3) is 0.364. The zero-order chi connectivity index (χ0) is 29.6. The number of cyclic esters (lactones) is 1. The number of carbonyl (C=O) groups is 3. The molecule has 0 bridgehead atoms. The second kappa shape index (κ2) is 12.7. The molecule has 1 heterocycles. The smallest absolute Gasteiger partial charge is 0.417 e. The van der Waals surface area contributed by atoms with Crippen LogP contribution in [0.4, 0.5) is 4.79 Å². The van der Waals surface area contributed by atoms with Gasteiger partial charge in [-0.15, -0.1) is 0 Å². The van der Waals surface area contributed by atoms with Gasteiger partial charge in [-0.05, 0) is 62.9 Å². The molecule has 0 radical (unpaired) electrons. The van der Waals surface area contributed by atoms with Crippen LogP contribution in [-0.2, 0) is 33.7 Å². The van der Waals surface area contributed by atoms with Crippen molar-refractivity contribution in [2.75, 3.05) is 6.61 Å². The Labute approximate surface area is 241 Å². The van der Waals surface area contributed by atoms with Gasteiger partial charge in [0.15, 0.2) is 0 Å². The van der Waals surface area contributed by atoms with Crippen LogP contribution in [0.5, 0.6) is 0 Å². The number of amides is 2. The van der Waals surface area contributed by atoms with Crippen LogP contribution in [0.15, 0.2) is 84.9 Å². The van der Waals surface area contributed by atoms with Gasteiger partial charge in [0.2, 0.25) is 0 Å². The Hall–Kier alpha value is -4.01. The zero-order valence-electron chi connectivity index (χ0n) is 24.0. The number of rotatable bonds is 10. The van der Waals surface area contributed by atoms with Crippen LogP contribution in [0.1, 0.15) is 54.7 Å². The third-order valence-corrected chi connectivity index (χ3v) is 7.11. The molecule has 4 rings (SSSR count). The molecule has 216 valence electrons. The topological polar surface area (TPSA) is 105 Å². The lowest BCUT2D eigenvalue weighted by atomic mass is 9.83. The van der Waals surface area contributed by atoms with Crippen molar-refractivity contribution < 1.29 is 29.0 Å². The van der Waals surface area contributed by atoms with Crippen molar-refractivity contribution >= 4 is 18.0 Å². The maximum absolute atomic E-state index is 14.4. The van der Waals surface area contributed by atoms with E-state index in [0.29, 0.717) is 12.0 Å². The van der Waals surface area contributed by atoms with Crippen LogP contribution in [0.2, 0.25) is 0 Å². The Balaban J connectivity index is 1.62. The van der Waals surface area contributed by atoms with E-state index in [1.54, 1.807) is 31.2 Å². The summed E-state index contributed by atoms with van der Waals surface area (Å²) < 4.78 is 10.8. The highest BCUT2D eigenvalue weighted by Crippen LogP contribution is 2.28. The average Bonchev–Trinajstić information content (AvgIpc) is 3.30. The summed E-state index contributed by atoms with van der Waals surface area (Å²) in [5, 5.41) is 14.5. The monoisotopic (exact) mass is 558 g/mol. The standard InChI is InChI=1S/C33H38N2O6/c1-23(36)33(20-25-13-9-6-10-14-25,34-21-26-15-17-27(18-16-26)29(37)41-32(2,3)4)30(38)35-28(22-40-31(35)39)19-24-11-7-5-8-12-24/h5-18,23,28,34,36H,19-22H2,1-4H3/t23-,28-,33+/m1/s1. The minimum absolute atomic E-state index is 0.0762. The van der Waals surface area contributed by atoms with Crippen molar-refractivity contribution in [3.8, 4) is 0 Å². The average molecular weight is 559 g/mol. The second-order valence-electron chi connectivity index (χ2n) is 11.5. The van der Waals surface area contributed by atoms with Crippen molar-refractivity contribution in [3.63, 3.8) is 0 Å². The van der Waals surface area contributed by atoms with E-state index >= 15 is 0 Å². The number of imide groups is 1. The van der Waals surface area contributed by atoms with Gasteiger partial charge >= 0.3 is 12.1 Å². The van der Waals surface area contributed by atoms with Crippen LogP contribution < -0.4 is 5.32 Å². The van der Waals surface area contributed by atoms with Gasteiger partial charge in [-0.25, -0.2) is 14.5 Å². The molecule has 1 fully saturated rings. The van der Waals surface area contributed by atoms with Crippen LogP contribution in [-0.4, -0.2) is 57.9 Å². The Morgan fingerprint density at radius 3 is 2.10 bits per heavy atom. The number of benzene rings is 3. The maximum Gasteiger partial charge on any atom is 0.417 e. The van der Waals surface area contributed by atoms with E-state index < -0.39 is 41.3 Å². The van der Waals surface area contributed by atoms with Gasteiger partial charge in [-0.2, -0.15) is 0 Å². The SMILES string of the molecule is C[C@@H](O)[C@](Cc1ccccc1)(NCc1ccc(C(=O)OC(C)(C)C)cc1)C(=O)N1C(=O)OC[C@H]1Cc1ccccc1.